The van der Waals surface area contributed by atoms with E-state index in [9.17, 15) is 27.2 Å². The van der Waals surface area contributed by atoms with Gasteiger partial charge < -0.3 is 14.5 Å². The van der Waals surface area contributed by atoms with Crippen molar-refractivity contribution in [1.82, 2.24) is 14.5 Å². The zero-order valence-electron chi connectivity index (χ0n) is 21.9. The lowest BCUT2D eigenvalue weighted by Crippen LogP contribution is -2.54. The maximum atomic E-state index is 15.2. The van der Waals surface area contributed by atoms with Crippen LogP contribution < -0.4 is 10.6 Å². The van der Waals surface area contributed by atoms with Crippen LogP contribution in [-0.2, 0) is 22.3 Å². The fourth-order valence-corrected chi connectivity index (χ4v) is 6.78. The summed E-state index contributed by atoms with van der Waals surface area (Å²) >= 11 is 6.87. The Hall–Kier alpha value is -3.16. The molecule has 1 saturated heterocycles. The third-order valence-corrected chi connectivity index (χ3v) is 8.82. The molecule has 1 fully saturated rings. The van der Waals surface area contributed by atoms with E-state index in [-0.39, 0.29) is 59.5 Å². The molecule has 2 aromatic carbocycles. The van der Waals surface area contributed by atoms with E-state index in [4.69, 9.17) is 16.3 Å². The molecule has 1 amide bonds. The Labute approximate surface area is 240 Å². The number of anilines is 1. The van der Waals surface area contributed by atoms with Crippen LogP contribution in [0.25, 0.3) is 22.0 Å². The maximum absolute atomic E-state index is 15.2. The zero-order valence-corrected chi connectivity index (χ0v) is 23.5. The normalized spacial score (nSPS) is 19.4. The molecular formula is C27H24ClF5N4O3S. The molecule has 7 nitrogen and oxygen atoms in total. The molecule has 3 heterocycles. The van der Waals surface area contributed by atoms with Gasteiger partial charge in [0, 0.05) is 66.0 Å². The lowest BCUT2D eigenvalue weighted by atomic mass is 9.95. The fraction of sp³-hybridized carbons (Fsp3) is 0.370. The van der Waals surface area contributed by atoms with Crippen molar-refractivity contribution < 1.29 is 31.5 Å². The summed E-state index contributed by atoms with van der Waals surface area (Å²) in [5, 5.41) is -0.521. The number of hydrogen-bond acceptors (Lipinski definition) is 6. The van der Waals surface area contributed by atoms with Crippen molar-refractivity contribution in [3.8, 4) is 11.1 Å². The molecule has 218 valence electrons. The zero-order chi connectivity index (χ0) is 29.8. The van der Waals surface area contributed by atoms with E-state index in [0.717, 1.165) is 23.9 Å². The highest BCUT2D eigenvalue weighted by Crippen LogP contribution is 2.49. The van der Waals surface area contributed by atoms with E-state index in [0.29, 0.717) is 6.07 Å². The number of piperazine rings is 1. The second-order valence-corrected chi connectivity index (χ2v) is 11.2. The van der Waals surface area contributed by atoms with Crippen molar-refractivity contribution in [2.24, 2.45) is 0 Å². The second-order valence-electron chi connectivity index (χ2n) is 9.80. The van der Waals surface area contributed by atoms with E-state index in [1.54, 1.807) is 16.7 Å². The van der Waals surface area contributed by atoms with Crippen LogP contribution in [0.5, 0.6) is 0 Å². The minimum Gasteiger partial charge on any atom is -0.379 e. The van der Waals surface area contributed by atoms with Gasteiger partial charge in [-0.15, -0.1) is 11.8 Å². The number of benzene rings is 2. The maximum Gasteiger partial charge on any atom is 0.417 e. The largest absolute Gasteiger partial charge is 0.417 e. The molecule has 41 heavy (non-hydrogen) atoms. The summed E-state index contributed by atoms with van der Waals surface area (Å²) in [6.07, 6.45) is -4.36. The molecule has 14 heteroatoms. The standard InChI is InChI=1S/C27H24ClF5N4O3S/c1-4-21(38)35-5-6-36(13(2)10-35)25-16-7-17(27(31,32)33)22(15-8-18(28)20(30)9-19(15)29)24-23(16)37(26(39)34-25)11-14(40-3)12-41-24/h4,7-9,13-14H,1,5-6,10-12H2,2-3H3/t13-,14+/m0/s1. The van der Waals surface area contributed by atoms with Crippen molar-refractivity contribution in [3.63, 3.8) is 0 Å². The van der Waals surface area contributed by atoms with Gasteiger partial charge in [0.15, 0.2) is 0 Å². The van der Waals surface area contributed by atoms with Gasteiger partial charge in [-0.2, -0.15) is 18.2 Å². The predicted molar refractivity (Wildman–Crippen MR) is 146 cm³/mol. The summed E-state index contributed by atoms with van der Waals surface area (Å²) in [6, 6.07) is 1.70. The molecular weight excluding hydrogens is 591 g/mol. The highest BCUT2D eigenvalue weighted by atomic mass is 35.5. The first-order chi connectivity index (χ1) is 19.3. The first kappa shape index (κ1) is 29.3. The number of nitrogens with zero attached hydrogens (tertiary/aromatic N) is 4. The molecule has 0 unspecified atom stereocenters. The van der Waals surface area contributed by atoms with Gasteiger partial charge in [-0.3, -0.25) is 9.36 Å². The van der Waals surface area contributed by atoms with E-state index >= 15 is 4.39 Å². The van der Waals surface area contributed by atoms with E-state index in [1.165, 1.54) is 17.8 Å². The van der Waals surface area contributed by atoms with E-state index < -0.39 is 57.4 Å². The van der Waals surface area contributed by atoms with Crippen LogP contribution in [0.1, 0.15) is 12.5 Å². The second kappa shape index (κ2) is 10.9. The molecule has 3 aromatic rings. The van der Waals surface area contributed by atoms with Gasteiger partial charge in [-0.05, 0) is 25.1 Å². The van der Waals surface area contributed by atoms with Crippen LogP contribution in [0.15, 0.2) is 40.5 Å². The highest BCUT2D eigenvalue weighted by molar-refractivity contribution is 7.99. The number of thioether (sulfide) groups is 1. The van der Waals surface area contributed by atoms with Crippen LogP contribution in [0.3, 0.4) is 0 Å². The Morgan fingerprint density at radius 2 is 1.93 bits per heavy atom. The lowest BCUT2D eigenvalue weighted by Gasteiger charge is -2.40. The molecule has 1 aromatic heterocycles. The van der Waals surface area contributed by atoms with Gasteiger partial charge in [0.25, 0.3) is 0 Å². The van der Waals surface area contributed by atoms with Crippen molar-refractivity contribution in [1.29, 1.82) is 0 Å². The van der Waals surface area contributed by atoms with Crippen molar-refractivity contribution in [2.45, 2.75) is 36.7 Å². The predicted octanol–water partition coefficient (Wildman–Crippen LogP) is 5.36. The van der Waals surface area contributed by atoms with Gasteiger partial charge in [-0.25, -0.2) is 13.6 Å². The first-order valence-electron chi connectivity index (χ1n) is 12.5. The number of hydrogen-bond donors (Lipinski definition) is 0. The number of methoxy groups -OCH3 is 1. The quantitative estimate of drug-likeness (QED) is 0.224. The minimum absolute atomic E-state index is 0.00621. The summed E-state index contributed by atoms with van der Waals surface area (Å²) in [5.41, 5.74) is -2.88. The Kier molecular flexibility index (Phi) is 7.81. The van der Waals surface area contributed by atoms with E-state index in [1.807, 2.05) is 0 Å². The van der Waals surface area contributed by atoms with Crippen LogP contribution in [0, 0.1) is 11.6 Å². The minimum atomic E-state index is -4.97. The topological polar surface area (TPSA) is 67.7 Å². The summed E-state index contributed by atoms with van der Waals surface area (Å²) in [4.78, 5) is 33.1. The molecule has 0 N–H and O–H groups in total. The van der Waals surface area contributed by atoms with Crippen LogP contribution >= 0.6 is 23.4 Å². The molecule has 0 spiro atoms. The van der Waals surface area contributed by atoms with Crippen LogP contribution in [-0.4, -0.2) is 65.0 Å². The number of carbonyl (C=O) groups is 1. The van der Waals surface area contributed by atoms with Crippen LogP contribution in [0.4, 0.5) is 27.8 Å². The number of halogens is 6. The summed E-state index contributed by atoms with van der Waals surface area (Å²) in [6.45, 7) is 5.92. The summed E-state index contributed by atoms with van der Waals surface area (Å²) < 4.78 is 80.1. The van der Waals surface area contributed by atoms with Crippen molar-refractivity contribution in [2.75, 3.05) is 37.4 Å². The summed E-state index contributed by atoms with van der Waals surface area (Å²) in [5.74, 6) is -2.48. The first-order valence-corrected chi connectivity index (χ1v) is 13.9. The molecule has 0 radical (unpaired) electrons. The molecule has 0 bridgehead atoms. The third kappa shape index (κ3) is 5.19. The number of carbonyl (C=O) groups excluding carboxylic acids is 1. The molecule has 0 saturated carbocycles. The SMILES string of the molecule is C=CC(=O)N1CCN(c2nc(=O)n3c4c(c(-c5cc(Cl)c(F)cc5F)c(C(F)(F)F)cc24)SC[C@H](OC)C3)[C@@H](C)C1. The molecule has 2 aliphatic heterocycles. The molecule has 2 aliphatic rings. The Bertz CT molecular complexity index is 1630. The molecule has 5 rings (SSSR count). The third-order valence-electron chi connectivity index (χ3n) is 7.30. The number of ether oxygens (including phenoxy) is 1. The smallest absolute Gasteiger partial charge is 0.379 e. The van der Waals surface area contributed by atoms with Gasteiger partial charge in [0.1, 0.15) is 17.5 Å². The monoisotopic (exact) mass is 614 g/mol. The lowest BCUT2D eigenvalue weighted by molar-refractivity contribution is -0.137. The van der Waals surface area contributed by atoms with Crippen LogP contribution in [0.2, 0.25) is 5.02 Å². The van der Waals surface area contributed by atoms with Gasteiger partial charge in [0.05, 0.1) is 28.8 Å². The highest BCUT2D eigenvalue weighted by Gasteiger charge is 2.40. The number of aromatic nitrogens is 2. The van der Waals surface area contributed by atoms with Gasteiger partial charge in [-0.1, -0.05) is 18.2 Å². The Balaban J connectivity index is 1.85. The average Bonchev–Trinajstić information content (AvgIpc) is 3.12. The van der Waals surface area contributed by atoms with Crippen molar-refractivity contribution in [3.05, 3.63) is 63.6 Å². The number of rotatable bonds is 4. The van der Waals surface area contributed by atoms with Gasteiger partial charge >= 0.3 is 11.9 Å². The van der Waals surface area contributed by atoms with Gasteiger partial charge in [0.2, 0.25) is 5.91 Å². The van der Waals surface area contributed by atoms with E-state index in [2.05, 4.69) is 11.6 Å². The number of amides is 1. The Morgan fingerprint density at radius 3 is 2.56 bits per heavy atom. The molecule has 0 aliphatic carbocycles. The number of alkyl halides is 3. The molecule has 2 atom stereocenters. The fourth-order valence-electron chi connectivity index (χ4n) is 5.30. The van der Waals surface area contributed by atoms with Crippen molar-refractivity contribution >= 4 is 46.0 Å². The average molecular weight is 615 g/mol. The Morgan fingerprint density at radius 1 is 1.20 bits per heavy atom. The summed E-state index contributed by atoms with van der Waals surface area (Å²) in [7, 11) is 1.42.